The Morgan fingerprint density at radius 1 is 0.659 bits per heavy atom. The molecule has 0 saturated heterocycles. The van der Waals surface area contributed by atoms with E-state index < -0.39 is 77.6 Å². The number of hydrogen-bond donors (Lipinski definition) is 6. The van der Waals surface area contributed by atoms with Gasteiger partial charge >= 0.3 is 17.9 Å². The number of esters is 3. The number of Topliss-reactive ketones (excluding diaryl/α,β-unsaturated/α-hetero) is 1. The van der Waals surface area contributed by atoms with Crippen molar-refractivity contribution >= 4 is 127 Å². The lowest BCUT2D eigenvalue weighted by Gasteiger charge is -2.22. The summed E-state index contributed by atoms with van der Waals surface area (Å²) in [5, 5.41) is 23.1. The standard InChI is InChI=1S/C59H63N13O13S6/c1-27(2)45(58-72-48(39(91-58)22-82-7)51(79)62-21-28(3)73)70-52(80)46-29(4)90-56(71-46)35(20-42(76)61-6)64-50(78)37-24-86-53(66-37)33-16-17-34(54-69-40(26-89-54)68-41(75)18-15-32(59(81)84-9)19-43(77)83-8)63-47(33)36-23-87-55(65-36)38-25-88-57(67-38)44(60)49(85-30(5)74)31-13-11-10-12-14-31/h10-14,16-17,23-27,32,35,44-45,49H,15,18-22,60H2,1-9H3,(H,61,76)(H,62,79)(H,64,78)(H,68,75)(H,70,80)/t32-,35-,44-,45-,49-/m0/s1. The van der Waals surface area contributed by atoms with Crippen molar-refractivity contribution < 1.29 is 62.1 Å². The van der Waals surface area contributed by atoms with E-state index in [1.807, 2.05) is 44.2 Å². The SMILES string of the molecule is CNC(=O)C[C@H](NC(=O)c1csc(-c2ccc(-c3nc(NC(=O)CC[C@@H](CC(=O)OC)C(=O)OC)cs3)nc2-c2csc(-c3csc([C@@H](N)[C@@H](OC(C)=O)c4ccccc4)n3)n2)n1)c1nc(C(=O)N[C@H](c2nc(C(=O)NCC(C)=O)c(COC)s2)C(C)C)c(C)s1. The molecule has 478 valence electrons. The van der Waals surface area contributed by atoms with Crippen LogP contribution in [0.4, 0.5) is 5.82 Å². The van der Waals surface area contributed by atoms with Crippen LogP contribution in [0, 0.1) is 18.8 Å². The molecular weight excluding hydrogens is 1290 g/mol. The van der Waals surface area contributed by atoms with E-state index in [4.69, 9.17) is 44.6 Å². The predicted octanol–water partition coefficient (Wildman–Crippen LogP) is 8.37. The van der Waals surface area contributed by atoms with Gasteiger partial charge in [-0.2, -0.15) is 0 Å². The first-order valence-corrected chi connectivity index (χ1v) is 33.1. The fourth-order valence-corrected chi connectivity index (χ4v) is 14.4. The molecule has 91 heavy (non-hydrogen) atoms. The zero-order valence-electron chi connectivity index (χ0n) is 50.5. The molecular formula is C59H63N13O13S6. The molecule has 32 heteroatoms. The average Bonchev–Trinajstić information content (AvgIpc) is 1.74. The van der Waals surface area contributed by atoms with Gasteiger partial charge in [-0.15, -0.1) is 68.0 Å². The molecule has 0 unspecified atom stereocenters. The molecule has 1 aromatic carbocycles. The van der Waals surface area contributed by atoms with Gasteiger partial charge < -0.3 is 51.3 Å². The Morgan fingerprint density at radius 3 is 2.07 bits per heavy atom. The Bertz CT molecular complexity index is 3970. The van der Waals surface area contributed by atoms with Crippen LogP contribution in [0.1, 0.15) is 139 Å². The number of thiazole rings is 6. The molecule has 0 saturated carbocycles. The van der Waals surface area contributed by atoms with Crippen molar-refractivity contribution in [2.45, 2.75) is 91.1 Å². The normalized spacial score (nSPS) is 12.9. The van der Waals surface area contributed by atoms with Crippen LogP contribution >= 0.6 is 68.0 Å². The van der Waals surface area contributed by atoms with Gasteiger partial charge in [-0.05, 0) is 43.9 Å². The Morgan fingerprint density at radius 2 is 1.37 bits per heavy atom. The first-order valence-electron chi connectivity index (χ1n) is 27.9. The Hall–Kier alpha value is -8.50. The number of benzene rings is 1. The zero-order valence-corrected chi connectivity index (χ0v) is 55.4. The molecule has 5 atom stereocenters. The van der Waals surface area contributed by atoms with Gasteiger partial charge in [0.05, 0.1) is 74.8 Å². The molecule has 7 N–H and O–H groups in total. The number of aryl methyl sites for hydroxylation is 1. The van der Waals surface area contributed by atoms with Crippen LogP contribution in [0.15, 0.2) is 64.0 Å². The second-order valence-corrected chi connectivity index (χ2v) is 26.3. The quantitative estimate of drug-likeness (QED) is 0.0189. The van der Waals surface area contributed by atoms with Crippen LogP contribution in [0.5, 0.6) is 0 Å². The molecule has 0 aliphatic rings. The van der Waals surface area contributed by atoms with Gasteiger partial charge in [-0.3, -0.25) is 43.2 Å². The third-order valence-electron chi connectivity index (χ3n) is 13.5. The largest absolute Gasteiger partial charge is 0.469 e. The van der Waals surface area contributed by atoms with Crippen LogP contribution < -0.4 is 32.3 Å². The maximum Gasteiger partial charge on any atom is 0.309 e. The molecule has 7 aromatic heterocycles. The number of amides is 5. The Kier molecular flexibility index (Phi) is 23.7. The number of anilines is 1. The summed E-state index contributed by atoms with van der Waals surface area (Å²) < 4.78 is 20.6. The first-order chi connectivity index (χ1) is 43.6. The maximum absolute atomic E-state index is 14.4. The van der Waals surface area contributed by atoms with Crippen LogP contribution in [0.2, 0.25) is 0 Å². The molecule has 0 radical (unpaired) electrons. The number of nitrogens with two attached hydrogens (primary N) is 1. The molecule has 8 rings (SSSR count). The van der Waals surface area contributed by atoms with E-state index in [0.717, 1.165) is 22.7 Å². The molecule has 26 nitrogen and oxygen atoms in total. The minimum atomic E-state index is -1.02. The van der Waals surface area contributed by atoms with Gasteiger partial charge in [0.2, 0.25) is 11.8 Å². The summed E-state index contributed by atoms with van der Waals surface area (Å²) in [6, 6.07) is 10.1. The van der Waals surface area contributed by atoms with Gasteiger partial charge in [-0.1, -0.05) is 44.2 Å². The summed E-state index contributed by atoms with van der Waals surface area (Å²) in [5.41, 5.74) is 9.67. The van der Waals surface area contributed by atoms with Gasteiger partial charge in [0.15, 0.2) is 0 Å². The number of ether oxygens (including phenoxy) is 4. The fraction of sp³-hybridized carbons (Fsp3) is 0.356. The molecule has 0 aliphatic heterocycles. The number of methoxy groups -OCH3 is 3. The minimum Gasteiger partial charge on any atom is -0.469 e. The molecule has 0 aliphatic carbocycles. The van der Waals surface area contributed by atoms with Crippen LogP contribution in [-0.2, 0) is 54.3 Å². The Balaban J connectivity index is 1.07. The van der Waals surface area contributed by atoms with E-state index in [0.29, 0.717) is 68.7 Å². The Labute approximate surface area is 545 Å². The fourth-order valence-electron chi connectivity index (χ4n) is 8.92. The summed E-state index contributed by atoms with van der Waals surface area (Å²) in [4.78, 5) is 151. The number of nitrogens with one attached hydrogen (secondary N) is 5. The predicted molar refractivity (Wildman–Crippen MR) is 343 cm³/mol. The van der Waals surface area contributed by atoms with Crippen molar-refractivity contribution in [2.24, 2.45) is 17.6 Å². The molecule has 7 heterocycles. The van der Waals surface area contributed by atoms with Gasteiger partial charge in [-0.25, -0.2) is 34.9 Å². The second-order valence-electron chi connectivity index (χ2n) is 20.5. The van der Waals surface area contributed by atoms with Crippen molar-refractivity contribution in [2.75, 3.05) is 40.2 Å². The topological polar surface area (TPSA) is 367 Å². The molecule has 0 spiro atoms. The van der Waals surface area contributed by atoms with E-state index in [1.165, 1.54) is 87.6 Å². The molecule has 0 bridgehead atoms. The maximum atomic E-state index is 14.4. The highest BCUT2D eigenvalue weighted by Crippen LogP contribution is 2.40. The number of ketones is 1. The highest BCUT2D eigenvalue weighted by molar-refractivity contribution is 7.15. The molecule has 5 amide bonds. The summed E-state index contributed by atoms with van der Waals surface area (Å²) >= 11 is 7.22. The number of nitrogens with zero attached hydrogens (tertiary/aromatic N) is 7. The van der Waals surface area contributed by atoms with Crippen molar-refractivity contribution in [1.82, 2.24) is 56.2 Å². The third kappa shape index (κ3) is 17.5. The first kappa shape index (κ1) is 68.4. The van der Waals surface area contributed by atoms with Crippen molar-refractivity contribution in [1.29, 1.82) is 0 Å². The van der Waals surface area contributed by atoms with Gasteiger partial charge in [0, 0.05) is 59.5 Å². The van der Waals surface area contributed by atoms with Crippen LogP contribution in [-0.4, -0.2) is 123 Å². The minimum absolute atomic E-state index is 0.00929. The smallest absolute Gasteiger partial charge is 0.309 e. The number of carbonyl (C=O) groups is 9. The van der Waals surface area contributed by atoms with Crippen molar-refractivity contribution in [3.63, 3.8) is 0 Å². The van der Waals surface area contributed by atoms with Crippen LogP contribution in [0.25, 0.3) is 43.4 Å². The molecule has 0 fully saturated rings. The highest BCUT2D eigenvalue weighted by atomic mass is 32.1. The van der Waals surface area contributed by atoms with E-state index in [-0.39, 0.29) is 78.4 Å². The monoisotopic (exact) mass is 1350 g/mol. The van der Waals surface area contributed by atoms with E-state index in [1.54, 1.807) is 40.6 Å². The lowest BCUT2D eigenvalue weighted by Crippen LogP contribution is -2.34. The van der Waals surface area contributed by atoms with E-state index in [2.05, 4.69) is 41.5 Å². The van der Waals surface area contributed by atoms with Crippen LogP contribution in [0.3, 0.4) is 0 Å². The second kappa shape index (κ2) is 31.5. The van der Waals surface area contributed by atoms with Gasteiger partial charge in [0.1, 0.15) is 81.9 Å². The number of hydrogen-bond acceptors (Lipinski definition) is 27. The highest BCUT2D eigenvalue weighted by Gasteiger charge is 2.33. The zero-order chi connectivity index (χ0) is 65.6. The summed E-state index contributed by atoms with van der Waals surface area (Å²) in [5.74, 6) is -5.58. The lowest BCUT2D eigenvalue weighted by molar-refractivity contribution is -0.152. The summed E-state index contributed by atoms with van der Waals surface area (Å²) in [6.45, 7) is 7.99. The molecule has 8 aromatic rings. The van der Waals surface area contributed by atoms with E-state index in [9.17, 15) is 43.2 Å². The lowest BCUT2D eigenvalue weighted by atomic mass is 9.99. The summed E-state index contributed by atoms with van der Waals surface area (Å²) in [7, 11) is 5.32. The average molecular weight is 1350 g/mol. The number of aromatic nitrogens is 7. The number of pyridine rings is 1. The van der Waals surface area contributed by atoms with Crippen molar-refractivity contribution in [3.8, 4) is 43.4 Å². The third-order valence-corrected chi connectivity index (χ3v) is 19.2. The summed E-state index contributed by atoms with van der Waals surface area (Å²) in [6.07, 6.45) is -1.44. The van der Waals surface area contributed by atoms with E-state index >= 15 is 0 Å². The van der Waals surface area contributed by atoms with Crippen molar-refractivity contribution in [3.05, 3.63) is 111 Å². The number of rotatable bonds is 29. The number of carbonyl (C=O) groups excluding carboxylic acids is 9. The van der Waals surface area contributed by atoms with Gasteiger partial charge in [0.25, 0.3) is 17.7 Å².